The average molecular weight is 282 g/mol. The highest BCUT2D eigenvalue weighted by Gasteiger charge is 2.05. The fourth-order valence-corrected chi connectivity index (χ4v) is 2.06. The van der Waals surface area contributed by atoms with Crippen molar-refractivity contribution in [1.82, 2.24) is 4.57 Å². The Kier molecular flexibility index (Phi) is 5.16. The van der Waals surface area contributed by atoms with Gasteiger partial charge in [-0.15, -0.1) is 0 Å². The van der Waals surface area contributed by atoms with Crippen molar-refractivity contribution >= 4 is 0 Å². The summed E-state index contributed by atoms with van der Waals surface area (Å²) in [7, 11) is 0. The Hall–Kier alpha value is -2.54. The summed E-state index contributed by atoms with van der Waals surface area (Å²) in [5, 5.41) is 8.54. The standard InChI is InChI=1S/C17H18N2O2/c1-14-7-2-3-8-15(14)13-21-16-9-6-12-19(17(16)20)11-5-4-10-18/h2-3,6-9,12H,4-5,11,13H2,1H3. The van der Waals surface area contributed by atoms with Gasteiger partial charge in [0.25, 0.3) is 5.56 Å². The number of hydrogen-bond donors (Lipinski definition) is 0. The Morgan fingerprint density at radius 1 is 1.24 bits per heavy atom. The maximum absolute atomic E-state index is 12.2. The molecule has 0 amide bonds. The smallest absolute Gasteiger partial charge is 0.292 e. The second-order valence-corrected chi connectivity index (χ2v) is 4.85. The summed E-state index contributed by atoms with van der Waals surface area (Å²) in [4.78, 5) is 12.2. The van der Waals surface area contributed by atoms with Crippen molar-refractivity contribution in [3.63, 3.8) is 0 Å². The second-order valence-electron chi connectivity index (χ2n) is 4.85. The molecular weight excluding hydrogens is 264 g/mol. The number of aromatic nitrogens is 1. The topological polar surface area (TPSA) is 55.0 Å². The van der Waals surface area contributed by atoms with E-state index in [2.05, 4.69) is 6.07 Å². The minimum Gasteiger partial charge on any atom is -0.483 e. The highest BCUT2D eigenvalue weighted by Crippen LogP contribution is 2.11. The van der Waals surface area contributed by atoms with Crippen LogP contribution in [0.1, 0.15) is 24.0 Å². The van der Waals surface area contributed by atoms with Crippen molar-refractivity contribution in [2.24, 2.45) is 0 Å². The molecule has 1 aromatic carbocycles. The van der Waals surface area contributed by atoms with Gasteiger partial charge in [0.2, 0.25) is 0 Å². The number of ether oxygens (including phenoxy) is 1. The molecule has 4 nitrogen and oxygen atoms in total. The van der Waals surface area contributed by atoms with Gasteiger partial charge in [-0.3, -0.25) is 4.79 Å². The van der Waals surface area contributed by atoms with Crippen LogP contribution in [0.25, 0.3) is 0 Å². The van der Waals surface area contributed by atoms with E-state index in [0.29, 0.717) is 31.7 Å². The average Bonchev–Trinajstić information content (AvgIpc) is 2.49. The maximum atomic E-state index is 12.2. The van der Waals surface area contributed by atoms with Gasteiger partial charge in [0.1, 0.15) is 6.61 Å². The third-order valence-electron chi connectivity index (χ3n) is 3.32. The molecule has 0 radical (unpaired) electrons. The number of rotatable bonds is 6. The molecule has 4 heteroatoms. The van der Waals surface area contributed by atoms with Crippen molar-refractivity contribution in [2.75, 3.05) is 0 Å². The van der Waals surface area contributed by atoms with Crippen LogP contribution in [0.3, 0.4) is 0 Å². The molecule has 1 heterocycles. The Morgan fingerprint density at radius 3 is 2.81 bits per heavy atom. The lowest BCUT2D eigenvalue weighted by Gasteiger charge is -2.10. The lowest BCUT2D eigenvalue weighted by molar-refractivity contribution is 0.298. The molecule has 0 unspecified atom stereocenters. The first-order valence-corrected chi connectivity index (χ1v) is 6.96. The van der Waals surface area contributed by atoms with E-state index in [0.717, 1.165) is 11.1 Å². The summed E-state index contributed by atoms with van der Waals surface area (Å²) in [5.74, 6) is 0.345. The number of aryl methyl sites for hydroxylation is 2. The van der Waals surface area contributed by atoms with Crippen molar-refractivity contribution in [2.45, 2.75) is 32.9 Å². The minimum absolute atomic E-state index is 0.149. The van der Waals surface area contributed by atoms with Gasteiger partial charge in [-0.25, -0.2) is 0 Å². The van der Waals surface area contributed by atoms with E-state index in [-0.39, 0.29) is 5.56 Å². The van der Waals surface area contributed by atoms with Gasteiger partial charge in [0.05, 0.1) is 6.07 Å². The summed E-state index contributed by atoms with van der Waals surface area (Å²) in [6.45, 7) is 2.93. The van der Waals surface area contributed by atoms with E-state index in [9.17, 15) is 4.79 Å². The predicted octanol–water partition coefficient (Wildman–Crippen LogP) is 3.04. The summed E-state index contributed by atoms with van der Waals surface area (Å²) in [6, 6.07) is 13.5. The first-order valence-electron chi connectivity index (χ1n) is 6.96. The zero-order chi connectivity index (χ0) is 15.1. The monoisotopic (exact) mass is 282 g/mol. The SMILES string of the molecule is Cc1ccccc1COc1cccn(CCCC#N)c1=O. The van der Waals surface area contributed by atoms with Crippen LogP contribution < -0.4 is 10.3 Å². The fourth-order valence-electron chi connectivity index (χ4n) is 2.06. The largest absolute Gasteiger partial charge is 0.483 e. The van der Waals surface area contributed by atoms with Crippen LogP contribution in [-0.2, 0) is 13.2 Å². The van der Waals surface area contributed by atoms with Gasteiger partial charge in [-0.05, 0) is 36.6 Å². The normalized spacial score (nSPS) is 10.1. The van der Waals surface area contributed by atoms with E-state index in [1.165, 1.54) is 0 Å². The molecule has 0 atom stereocenters. The van der Waals surface area contributed by atoms with E-state index in [4.69, 9.17) is 10.00 Å². The summed E-state index contributed by atoms with van der Waals surface area (Å²) in [5.41, 5.74) is 2.06. The highest BCUT2D eigenvalue weighted by molar-refractivity contribution is 5.26. The Balaban J connectivity index is 2.07. The lowest BCUT2D eigenvalue weighted by Crippen LogP contribution is -2.21. The molecule has 0 aliphatic rings. The van der Waals surface area contributed by atoms with Gasteiger partial charge in [-0.2, -0.15) is 5.26 Å². The molecule has 0 saturated carbocycles. The lowest BCUT2D eigenvalue weighted by atomic mass is 10.1. The molecule has 108 valence electrons. The number of hydrogen-bond acceptors (Lipinski definition) is 3. The molecule has 0 bridgehead atoms. The fraction of sp³-hybridized carbons (Fsp3) is 0.294. The Labute approximate surface area is 124 Å². The van der Waals surface area contributed by atoms with Crippen LogP contribution in [-0.4, -0.2) is 4.57 Å². The van der Waals surface area contributed by atoms with Gasteiger partial charge >= 0.3 is 0 Å². The van der Waals surface area contributed by atoms with Crippen LogP contribution in [0.2, 0.25) is 0 Å². The Morgan fingerprint density at radius 2 is 2.05 bits per heavy atom. The van der Waals surface area contributed by atoms with Crippen LogP contribution in [0.15, 0.2) is 47.4 Å². The number of unbranched alkanes of at least 4 members (excludes halogenated alkanes) is 1. The molecule has 1 aromatic heterocycles. The molecule has 0 aliphatic carbocycles. The van der Waals surface area contributed by atoms with E-state index in [1.807, 2.05) is 31.2 Å². The van der Waals surface area contributed by atoms with E-state index < -0.39 is 0 Å². The first kappa shape index (κ1) is 14.9. The molecule has 0 N–H and O–H groups in total. The van der Waals surface area contributed by atoms with Crippen molar-refractivity contribution < 1.29 is 4.74 Å². The van der Waals surface area contributed by atoms with Crippen molar-refractivity contribution in [3.8, 4) is 11.8 Å². The predicted molar refractivity (Wildman–Crippen MR) is 81.1 cm³/mol. The van der Waals surface area contributed by atoms with Crippen LogP contribution >= 0.6 is 0 Å². The Bertz CT molecular complexity index is 698. The number of benzene rings is 1. The number of nitriles is 1. The van der Waals surface area contributed by atoms with Crippen LogP contribution in [0.4, 0.5) is 0 Å². The van der Waals surface area contributed by atoms with E-state index in [1.54, 1.807) is 22.9 Å². The zero-order valence-electron chi connectivity index (χ0n) is 12.1. The van der Waals surface area contributed by atoms with Gasteiger partial charge in [0, 0.05) is 19.2 Å². The molecule has 0 aliphatic heterocycles. The molecule has 0 fully saturated rings. The molecule has 2 aromatic rings. The third kappa shape index (κ3) is 3.96. The van der Waals surface area contributed by atoms with Crippen LogP contribution in [0, 0.1) is 18.3 Å². The summed E-state index contributed by atoms with van der Waals surface area (Å²) < 4.78 is 7.24. The summed E-state index contributed by atoms with van der Waals surface area (Å²) >= 11 is 0. The van der Waals surface area contributed by atoms with Gasteiger partial charge in [0.15, 0.2) is 5.75 Å². The molecule has 0 spiro atoms. The quantitative estimate of drug-likeness (QED) is 0.765. The first-order chi connectivity index (χ1) is 10.2. The van der Waals surface area contributed by atoms with Crippen molar-refractivity contribution in [3.05, 3.63) is 64.1 Å². The second kappa shape index (κ2) is 7.30. The maximum Gasteiger partial charge on any atom is 0.292 e. The van der Waals surface area contributed by atoms with Crippen molar-refractivity contribution in [1.29, 1.82) is 5.26 Å². The molecular formula is C17H18N2O2. The van der Waals surface area contributed by atoms with E-state index >= 15 is 0 Å². The zero-order valence-corrected chi connectivity index (χ0v) is 12.1. The number of pyridine rings is 1. The summed E-state index contributed by atoms with van der Waals surface area (Å²) in [6.07, 6.45) is 2.83. The third-order valence-corrected chi connectivity index (χ3v) is 3.32. The van der Waals surface area contributed by atoms with Gasteiger partial charge < -0.3 is 9.30 Å². The van der Waals surface area contributed by atoms with Gasteiger partial charge in [-0.1, -0.05) is 24.3 Å². The molecule has 21 heavy (non-hydrogen) atoms. The van der Waals surface area contributed by atoms with Crippen LogP contribution in [0.5, 0.6) is 5.75 Å². The molecule has 0 saturated heterocycles. The molecule has 2 rings (SSSR count). The highest BCUT2D eigenvalue weighted by atomic mass is 16.5. The number of nitrogens with zero attached hydrogens (tertiary/aromatic N) is 2. The minimum atomic E-state index is -0.149.